The van der Waals surface area contributed by atoms with Crippen LogP contribution in [0.1, 0.15) is 11.4 Å². The first-order valence-electron chi connectivity index (χ1n) is 5.28. The molecule has 0 aliphatic carbocycles. The van der Waals surface area contributed by atoms with E-state index in [4.69, 9.17) is 16.7 Å². The van der Waals surface area contributed by atoms with Crippen LogP contribution < -0.4 is 5.14 Å². The lowest BCUT2D eigenvalue weighted by Crippen LogP contribution is -2.12. The lowest BCUT2D eigenvalue weighted by atomic mass is 10.2. The second-order valence-corrected chi connectivity index (χ2v) is 5.93. The number of primary sulfonamides is 1. The fourth-order valence-corrected chi connectivity index (χ4v) is 2.36. The molecule has 0 amide bonds. The summed E-state index contributed by atoms with van der Waals surface area (Å²) in [6.07, 6.45) is 1.27. The van der Waals surface area contributed by atoms with E-state index >= 15 is 0 Å². The molecule has 2 aromatic rings. The standard InChI is InChI=1S/C11H11ClFN3O2S/c1-7-15-10(19(14,17)18)6-16(7)5-8-3-2-4-9(12)11(8)13/h2-4,6H,5H2,1H3,(H2,14,17,18). The third-order valence-corrected chi connectivity index (χ3v) is 3.69. The average molecular weight is 304 g/mol. The molecule has 0 spiro atoms. The van der Waals surface area contributed by atoms with Crippen LogP contribution >= 0.6 is 11.6 Å². The molecule has 0 saturated carbocycles. The van der Waals surface area contributed by atoms with Gasteiger partial charge in [0.2, 0.25) is 0 Å². The van der Waals surface area contributed by atoms with Crippen LogP contribution in [-0.4, -0.2) is 18.0 Å². The molecule has 2 N–H and O–H groups in total. The Balaban J connectivity index is 2.39. The summed E-state index contributed by atoms with van der Waals surface area (Å²) in [5, 5.41) is 4.76. The summed E-state index contributed by atoms with van der Waals surface area (Å²) in [5.41, 5.74) is 0.342. The van der Waals surface area contributed by atoms with Gasteiger partial charge >= 0.3 is 0 Å². The van der Waals surface area contributed by atoms with E-state index in [1.807, 2.05) is 0 Å². The van der Waals surface area contributed by atoms with Crippen molar-refractivity contribution in [2.24, 2.45) is 5.14 Å². The Bertz CT molecular complexity index is 728. The number of halogens is 2. The van der Waals surface area contributed by atoms with E-state index in [9.17, 15) is 12.8 Å². The zero-order valence-electron chi connectivity index (χ0n) is 9.97. The molecular weight excluding hydrogens is 293 g/mol. The summed E-state index contributed by atoms with van der Waals surface area (Å²) in [4.78, 5) is 3.82. The Morgan fingerprint density at radius 2 is 2.16 bits per heavy atom. The maximum absolute atomic E-state index is 13.8. The van der Waals surface area contributed by atoms with Crippen molar-refractivity contribution in [1.29, 1.82) is 0 Å². The Labute approximate surface area is 114 Å². The van der Waals surface area contributed by atoms with E-state index in [0.717, 1.165) is 0 Å². The number of benzene rings is 1. The van der Waals surface area contributed by atoms with Gasteiger partial charge in [-0.15, -0.1) is 0 Å². The number of aryl methyl sites for hydroxylation is 1. The van der Waals surface area contributed by atoms with Gasteiger partial charge in [0.05, 0.1) is 11.6 Å². The largest absolute Gasteiger partial charge is 0.329 e. The van der Waals surface area contributed by atoms with Gasteiger partial charge in [-0.2, -0.15) is 0 Å². The van der Waals surface area contributed by atoms with Crippen LogP contribution in [0.5, 0.6) is 0 Å². The Kier molecular flexibility index (Phi) is 3.62. The topological polar surface area (TPSA) is 78.0 Å². The minimum absolute atomic E-state index is 0.0157. The van der Waals surface area contributed by atoms with Crippen molar-refractivity contribution in [2.45, 2.75) is 18.5 Å². The summed E-state index contributed by atoms with van der Waals surface area (Å²) in [5.74, 6) is -0.113. The molecular formula is C11H11ClFN3O2S. The molecule has 1 heterocycles. The zero-order chi connectivity index (χ0) is 14.2. The lowest BCUT2D eigenvalue weighted by Gasteiger charge is -2.06. The number of hydrogen-bond acceptors (Lipinski definition) is 3. The molecule has 0 aliphatic rings. The molecule has 0 radical (unpaired) electrons. The van der Waals surface area contributed by atoms with Crippen molar-refractivity contribution in [3.8, 4) is 0 Å². The molecule has 102 valence electrons. The number of sulfonamides is 1. The Hall–Kier alpha value is -1.44. The number of aromatic nitrogens is 2. The molecule has 0 unspecified atom stereocenters. The maximum atomic E-state index is 13.8. The highest BCUT2D eigenvalue weighted by atomic mass is 35.5. The van der Waals surface area contributed by atoms with Gasteiger partial charge in [0.15, 0.2) is 5.03 Å². The quantitative estimate of drug-likeness (QED) is 0.937. The van der Waals surface area contributed by atoms with Crippen LogP contribution in [0.25, 0.3) is 0 Å². The number of hydrogen-bond donors (Lipinski definition) is 1. The smallest absolute Gasteiger partial charge is 0.257 e. The molecule has 19 heavy (non-hydrogen) atoms. The minimum Gasteiger partial charge on any atom is -0.329 e. The van der Waals surface area contributed by atoms with Crippen molar-refractivity contribution >= 4 is 21.6 Å². The SMILES string of the molecule is Cc1nc(S(N)(=O)=O)cn1Cc1cccc(Cl)c1F. The van der Waals surface area contributed by atoms with Gasteiger partial charge in [0.1, 0.15) is 11.6 Å². The van der Waals surface area contributed by atoms with E-state index in [0.29, 0.717) is 11.4 Å². The molecule has 0 fully saturated rings. The predicted octanol–water partition coefficient (Wildman–Crippen LogP) is 1.68. The highest BCUT2D eigenvalue weighted by Crippen LogP contribution is 2.19. The summed E-state index contributed by atoms with van der Waals surface area (Å²) >= 11 is 5.68. The van der Waals surface area contributed by atoms with Gasteiger partial charge in [0.25, 0.3) is 10.0 Å². The molecule has 0 aliphatic heterocycles. The Morgan fingerprint density at radius 1 is 1.47 bits per heavy atom. The van der Waals surface area contributed by atoms with Gasteiger partial charge in [0, 0.05) is 11.8 Å². The van der Waals surface area contributed by atoms with Gasteiger partial charge < -0.3 is 4.57 Å². The van der Waals surface area contributed by atoms with Crippen molar-refractivity contribution < 1.29 is 12.8 Å². The van der Waals surface area contributed by atoms with Crippen LogP contribution in [-0.2, 0) is 16.6 Å². The maximum Gasteiger partial charge on any atom is 0.257 e. The molecule has 1 aromatic carbocycles. The van der Waals surface area contributed by atoms with Gasteiger partial charge in [-0.25, -0.2) is 22.9 Å². The third kappa shape index (κ3) is 2.94. The Morgan fingerprint density at radius 3 is 2.74 bits per heavy atom. The fourth-order valence-electron chi connectivity index (χ4n) is 1.63. The van der Waals surface area contributed by atoms with Crippen LogP contribution in [0.15, 0.2) is 29.4 Å². The van der Waals surface area contributed by atoms with Crippen LogP contribution in [0.3, 0.4) is 0 Å². The first-order valence-corrected chi connectivity index (χ1v) is 7.21. The van der Waals surface area contributed by atoms with E-state index in [1.165, 1.54) is 16.8 Å². The van der Waals surface area contributed by atoms with E-state index < -0.39 is 15.8 Å². The van der Waals surface area contributed by atoms with E-state index in [-0.39, 0.29) is 16.6 Å². The first-order chi connectivity index (χ1) is 8.79. The summed E-state index contributed by atoms with van der Waals surface area (Å²) in [6.45, 7) is 1.73. The first kappa shape index (κ1) is 14.0. The zero-order valence-corrected chi connectivity index (χ0v) is 11.5. The number of rotatable bonds is 3. The van der Waals surface area contributed by atoms with E-state index in [2.05, 4.69) is 4.98 Å². The molecule has 5 nitrogen and oxygen atoms in total. The molecule has 0 bridgehead atoms. The van der Waals surface area contributed by atoms with Crippen LogP contribution in [0, 0.1) is 12.7 Å². The highest BCUT2D eigenvalue weighted by Gasteiger charge is 2.15. The lowest BCUT2D eigenvalue weighted by molar-refractivity contribution is 0.594. The van der Waals surface area contributed by atoms with Gasteiger partial charge in [-0.3, -0.25) is 0 Å². The molecule has 2 rings (SSSR count). The van der Waals surface area contributed by atoms with Crippen LogP contribution in [0.4, 0.5) is 4.39 Å². The number of nitrogens with zero attached hydrogens (tertiary/aromatic N) is 2. The second-order valence-electron chi connectivity index (χ2n) is 4.01. The van der Waals surface area contributed by atoms with Gasteiger partial charge in [-0.1, -0.05) is 23.7 Å². The monoisotopic (exact) mass is 303 g/mol. The van der Waals surface area contributed by atoms with Gasteiger partial charge in [-0.05, 0) is 13.0 Å². The summed E-state index contributed by atoms with van der Waals surface area (Å²) in [7, 11) is -3.87. The summed E-state index contributed by atoms with van der Waals surface area (Å²) < 4.78 is 37.6. The highest BCUT2D eigenvalue weighted by molar-refractivity contribution is 7.89. The van der Waals surface area contributed by atoms with Crippen molar-refractivity contribution in [1.82, 2.24) is 9.55 Å². The molecule has 1 aromatic heterocycles. The summed E-state index contributed by atoms with van der Waals surface area (Å²) in [6, 6.07) is 4.63. The molecule has 0 saturated heterocycles. The number of nitrogens with two attached hydrogens (primary N) is 1. The predicted molar refractivity (Wildman–Crippen MR) is 68.8 cm³/mol. The molecule has 8 heteroatoms. The minimum atomic E-state index is -3.87. The van der Waals surface area contributed by atoms with Crippen molar-refractivity contribution in [3.63, 3.8) is 0 Å². The van der Waals surface area contributed by atoms with Crippen molar-refractivity contribution in [3.05, 3.63) is 46.6 Å². The van der Waals surface area contributed by atoms with E-state index in [1.54, 1.807) is 19.1 Å². The third-order valence-electron chi connectivity index (χ3n) is 2.62. The average Bonchev–Trinajstić information content (AvgIpc) is 2.67. The van der Waals surface area contributed by atoms with Crippen LogP contribution in [0.2, 0.25) is 5.02 Å². The fraction of sp³-hybridized carbons (Fsp3) is 0.182. The second kappa shape index (κ2) is 4.92. The molecule has 0 atom stereocenters. The normalized spacial score (nSPS) is 11.8. The van der Waals surface area contributed by atoms with Crippen molar-refractivity contribution in [2.75, 3.05) is 0 Å². The number of imidazole rings is 1.